The highest BCUT2D eigenvalue weighted by atomic mass is 32.2. The first kappa shape index (κ1) is 20.9. The van der Waals surface area contributed by atoms with Crippen molar-refractivity contribution in [2.24, 2.45) is 5.92 Å². The third-order valence-corrected chi connectivity index (χ3v) is 9.03. The molecule has 33 heavy (non-hydrogen) atoms. The van der Waals surface area contributed by atoms with Gasteiger partial charge in [-0.3, -0.25) is 4.79 Å². The molecule has 8 heteroatoms. The number of carbonyl (C=O) groups excluding carboxylic acids is 1. The number of nitrogens with one attached hydrogen (secondary N) is 1. The maximum Gasteiger partial charge on any atom is 0.243 e. The third-order valence-electron chi connectivity index (χ3n) is 7.13. The van der Waals surface area contributed by atoms with E-state index in [1.165, 1.54) is 9.87 Å². The zero-order valence-corrected chi connectivity index (χ0v) is 19.2. The average Bonchev–Trinajstić information content (AvgIpc) is 3.41. The number of nitrogens with zero attached hydrogens (tertiary/aromatic N) is 2. The molecule has 7 nitrogen and oxygen atoms in total. The summed E-state index contributed by atoms with van der Waals surface area (Å²) in [5.74, 6) is 0.931. The Kier molecular flexibility index (Phi) is 5.03. The van der Waals surface area contributed by atoms with Crippen molar-refractivity contribution in [3.63, 3.8) is 0 Å². The minimum Gasteiger partial charge on any atom is -0.440 e. The van der Waals surface area contributed by atoms with Gasteiger partial charge in [-0.1, -0.05) is 6.07 Å². The number of piperidine rings is 1. The van der Waals surface area contributed by atoms with Crippen LogP contribution in [0.15, 0.2) is 45.7 Å². The Bertz CT molecular complexity index is 1330. The number of sulfonamides is 1. The normalized spacial score (nSPS) is 19.6. The lowest BCUT2D eigenvalue weighted by Crippen LogP contribution is -2.41. The third kappa shape index (κ3) is 3.95. The van der Waals surface area contributed by atoms with Crippen molar-refractivity contribution < 1.29 is 17.6 Å². The number of rotatable bonds is 5. The standard InChI is InChI=1S/C25H27N3O4S/c29-24(26-20-7-9-23-22(15-20)27-25(32-23)18-4-5-18)17-10-12-28(13-11-17)33(30,31)21-8-6-16-2-1-3-19(16)14-21/h6-9,14-15,17-18H,1-5,10-13H2,(H,26,29). The van der Waals surface area contributed by atoms with Gasteiger partial charge in [0.2, 0.25) is 15.9 Å². The molecule has 0 atom stereocenters. The lowest BCUT2D eigenvalue weighted by atomic mass is 9.97. The van der Waals surface area contributed by atoms with E-state index in [0.717, 1.165) is 54.7 Å². The SMILES string of the molecule is O=C(Nc1ccc2oc(C3CC3)nc2c1)C1CCN(S(=O)(=O)c2ccc3c(c2)CCC3)CC1. The Morgan fingerprint density at radius 1 is 1.00 bits per heavy atom. The number of hydrogen-bond donors (Lipinski definition) is 1. The van der Waals surface area contributed by atoms with Crippen LogP contribution in [0, 0.1) is 5.92 Å². The number of amides is 1. The summed E-state index contributed by atoms with van der Waals surface area (Å²) in [7, 11) is -3.53. The molecule has 1 N–H and O–H groups in total. The first-order valence-electron chi connectivity index (χ1n) is 11.8. The van der Waals surface area contributed by atoms with E-state index >= 15 is 0 Å². The number of aryl methyl sites for hydroxylation is 2. The smallest absolute Gasteiger partial charge is 0.243 e. The molecular weight excluding hydrogens is 438 g/mol. The fourth-order valence-electron chi connectivity index (χ4n) is 4.99. The predicted octanol–water partition coefficient (Wildman–Crippen LogP) is 4.23. The Morgan fingerprint density at radius 2 is 1.79 bits per heavy atom. The molecule has 1 aromatic heterocycles. The van der Waals surface area contributed by atoms with Crippen molar-refractivity contribution in [1.29, 1.82) is 0 Å². The summed E-state index contributed by atoms with van der Waals surface area (Å²) in [5, 5.41) is 2.98. The Balaban J connectivity index is 1.10. The van der Waals surface area contributed by atoms with Crippen molar-refractivity contribution >= 4 is 32.7 Å². The van der Waals surface area contributed by atoms with Gasteiger partial charge in [0.05, 0.1) is 4.90 Å². The van der Waals surface area contributed by atoms with E-state index in [2.05, 4.69) is 10.3 Å². The molecule has 1 saturated heterocycles. The molecule has 172 valence electrons. The molecule has 2 aromatic carbocycles. The minimum atomic E-state index is -3.53. The summed E-state index contributed by atoms with van der Waals surface area (Å²) in [6.45, 7) is 0.704. The number of benzene rings is 2. The summed E-state index contributed by atoms with van der Waals surface area (Å²) in [6.07, 6.45) is 6.33. The number of fused-ring (bicyclic) bond motifs is 2. The van der Waals surface area contributed by atoms with Crippen molar-refractivity contribution in [2.75, 3.05) is 18.4 Å². The van der Waals surface area contributed by atoms with Gasteiger partial charge in [0.25, 0.3) is 0 Å². The molecule has 0 bridgehead atoms. The van der Waals surface area contributed by atoms with Gasteiger partial charge in [-0.15, -0.1) is 0 Å². The molecule has 6 rings (SSSR count). The van der Waals surface area contributed by atoms with Crippen LogP contribution in [-0.2, 0) is 27.7 Å². The molecule has 0 radical (unpaired) electrons. The largest absolute Gasteiger partial charge is 0.440 e. The second kappa shape index (κ2) is 7.95. The molecule has 3 aromatic rings. The van der Waals surface area contributed by atoms with Crippen LogP contribution in [-0.4, -0.2) is 36.7 Å². The fourth-order valence-corrected chi connectivity index (χ4v) is 6.51. The van der Waals surface area contributed by atoms with Crippen LogP contribution in [0.5, 0.6) is 0 Å². The van der Waals surface area contributed by atoms with Crippen LogP contribution in [0.3, 0.4) is 0 Å². The fraction of sp³-hybridized carbons (Fsp3) is 0.440. The van der Waals surface area contributed by atoms with Gasteiger partial charge in [-0.2, -0.15) is 4.31 Å². The summed E-state index contributed by atoms with van der Waals surface area (Å²) >= 11 is 0. The number of hydrogen-bond acceptors (Lipinski definition) is 5. The van der Waals surface area contributed by atoms with Gasteiger partial charge in [-0.25, -0.2) is 13.4 Å². The molecule has 1 saturated carbocycles. The second-order valence-electron chi connectivity index (χ2n) is 9.46. The number of aromatic nitrogens is 1. The van der Waals surface area contributed by atoms with E-state index in [4.69, 9.17) is 4.42 Å². The van der Waals surface area contributed by atoms with Crippen LogP contribution in [0.2, 0.25) is 0 Å². The first-order valence-corrected chi connectivity index (χ1v) is 13.2. The Morgan fingerprint density at radius 3 is 2.58 bits per heavy atom. The molecule has 3 aliphatic rings. The molecule has 1 aliphatic heterocycles. The molecule has 0 spiro atoms. The summed E-state index contributed by atoms with van der Waals surface area (Å²) in [5.41, 5.74) is 4.59. The van der Waals surface area contributed by atoms with Crippen molar-refractivity contribution in [2.45, 2.75) is 55.8 Å². The van der Waals surface area contributed by atoms with Crippen LogP contribution in [0.1, 0.15) is 55.0 Å². The van der Waals surface area contributed by atoms with Crippen molar-refractivity contribution in [3.8, 4) is 0 Å². The van der Waals surface area contributed by atoms with E-state index in [1.54, 1.807) is 6.07 Å². The van der Waals surface area contributed by atoms with Crippen LogP contribution in [0.25, 0.3) is 11.1 Å². The Hall–Kier alpha value is -2.71. The van der Waals surface area contributed by atoms with Gasteiger partial charge >= 0.3 is 0 Å². The Labute approximate surface area is 193 Å². The average molecular weight is 466 g/mol. The van der Waals surface area contributed by atoms with E-state index in [0.29, 0.717) is 42.4 Å². The summed E-state index contributed by atoms with van der Waals surface area (Å²) in [6, 6.07) is 11.0. The van der Waals surface area contributed by atoms with Crippen LogP contribution >= 0.6 is 0 Å². The highest BCUT2D eigenvalue weighted by molar-refractivity contribution is 7.89. The van der Waals surface area contributed by atoms with Gasteiger partial charge in [0.1, 0.15) is 5.52 Å². The maximum atomic E-state index is 13.1. The lowest BCUT2D eigenvalue weighted by molar-refractivity contribution is -0.120. The molecule has 0 unspecified atom stereocenters. The monoisotopic (exact) mass is 465 g/mol. The number of carbonyl (C=O) groups is 1. The van der Waals surface area contributed by atoms with Crippen LogP contribution < -0.4 is 5.32 Å². The van der Waals surface area contributed by atoms with Crippen molar-refractivity contribution in [1.82, 2.24) is 9.29 Å². The molecule has 1 amide bonds. The topological polar surface area (TPSA) is 92.5 Å². The summed E-state index contributed by atoms with van der Waals surface area (Å²) < 4.78 is 33.6. The number of anilines is 1. The first-order chi connectivity index (χ1) is 16.0. The van der Waals surface area contributed by atoms with Gasteiger partial charge < -0.3 is 9.73 Å². The van der Waals surface area contributed by atoms with E-state index < -0.39 is 10.0 Å². The van der Waals surface area contributed by atoms with Gasteiger partial charge in [-0.05, 0) is 86.4 Å². The van der Waals surface area contributed by atoms with Gasteiger partial charge in [0.15, 0.2) is 11.5 Å². The zero-order valence-electron chi connectivity index (χ0n) is 18.4. The quantitative estimate of drug-likeness (QED) is 0.609. The summed E-state index contributed by atoms with van der Waals surface area (Å²) in [4.78, 5) is 17.8. The molecular formula is C25H27N3O4S. The maximum absolute atomic E-state index is 13.1. The van der Waals surface area contributed by atoms with E-state index in [-0.39, 0.29) is 11.8 Å². The van der Waals surface area contributed by atoms with Crippen LogP contribution in [0.4, 0.5) is 5.69 Å². The molecule has 2 aliphatic carbocycles. The lowest BCUT2D eigenvalue weighted by Gasteiger charge is -2.30. The van der Waals surface area contributed by atoms with E-state index in [1.807, 2.05) is 30.3 Å². The zero-order chi connectivity index (χ0) is 22.6. The van der Waals surface area contributed by atoms with Gasteiger partial charge in [0, 0.05) is 30.6 Å². The minimum absolute atomic E-state index is 0.0742. The predicted molar refractivity (Wildman–Crippen MR) is 125 cm³/mol. The second-order valence-corrected chi connectivity index (χ2v) is 11.4. The van der Waals surface area contributed by atoms with E-state index in [9.17, 15) is 13.2 Å². The van der Waals surface area contributed by atoms with Crippen molar-refractivity contribution in [3.05, 3.63) is 53.4 Å². The molecule has 2 fully saturated rings. The highest BCUT2D eigenvalue weighted by Gasteiger charge is 2.33. The highest BCUT2D eigenvalue weighted by Crippen LogP contribution is 2.40. The molecule has 2 heterocycles. The number of oxazole rings is 1.